The van der Waals surface area contributed by atoms with Gasteiger partial charge in [-0.1, -0.05) is 30.3 Å². The van der Waals surface area contributed by atoms with E-state index in [0.717, 1.165) is 43.6 Å². The number of nitrogens with one attached hydrogen (secondary N) is 2. The number of hydrogen-bond donors (Lipinski definition) is 2. The molecule has 2 N–H and O–H groups in total. The van der Waals surface area contributed by atoms with Crippen molar-refractivity contribution in [1.82, 2.24) is 14.7 Å². The fourth-order valence-electron chi connectivity index (χ4n) is 3.03. The Morgan fingerprint density at radius 2 is 2.00 bits per heavy atom. The lowest BCUT2D eigenvalue weighted by molar-refractivity contribution is 0.0389. The van der Waals surface area contributed by atoms with Crippen molar-refractivity contribution in [3.8, 4) is 0 Å². The predicted octanol–water partition coefficient (Wildman–Crippen LogP) is 3.16. The second-order valence-corrected chi connectivity index (χ2v) is 6.92. The summed E-state index contributed by atoms with van der Waals surface area (Å²) in [5.74, 6) is 0.823. The van der Waals surface area contributed by atoms with Gasteiger partial charge in [0.15, 0.2) is 0 Å². The van der Waals surface area contributed by atoms with Gasteiger partial charge >= 0.3 is 0 Å². The van der Waals surface area contributed by atoms with Crippen LogP contribution in [0.1, 0.15) is 37.2 Å². The highest BCUT2D eigenvalue weighted by Crippen LogP contribution is 2.26. The van der Waals surface area contributed by atoms with Crippen molar-refractivity contribution in [2.24, 2.45) is 0 Å². The molecule has 2 heterocycles. The summed E-state index contributed by atoms with van der Waals surface area (Å²) in [5, 5.41) is 8.19. The van der Waals surface area contributed by atoms with Crippen LogP contribution in [0.3, 0.4) is 0 Å². The molecule has 0 bridgehead atoms. The normalized spacial score (nSPS) is 18.5. The molecule has 1 unspecified atom stereocenters. The molecule has 3 rings (SSSR count). The molecular formula is C17H24N4OS. The molecule has 0 radical (unpaired) electrons. The summed E-state index contributed by atoms with van der Waals surface area (Å²) in [7, 11) is 0. The second-order valence-electron chi connectivity index (χ2n) is 6.17. The van der Waals surface area contributed by atoms with E-state index in [1.165, 1.54) is 17.1 Å². The number of nitrogens with zero attached hydrogens (tertiary/aromatic N) is 2. The van der Waals surface area contributed by atoms with Crippen molar-refractivity contribution in [2.75, 3.05) is 25.1 Å². The fourth-order valence-corrected chi connectivity index (χ4v) is 3.60. The Balaban J connectivity index is 1.68. The highest BCUT2D eigenvalue weighted by atomic mass is 32.1. The Bertz CT molecular complexity index is 610. The number of aromatic nitrogens is 2. The maximum Gasteiger partial charge on any atom is 0.202 e. The lowest BCUT2D eigenvalue weighted by Crippen LogP contribution is -2.54. The lowest BCUT2D eigenvalue weighted by atomic mass is 9.88. The number of ether oxygens (including phenoxy) is 1. The van der Waals surface area contributed by atoms with E-state index in [1.807, 2.05) is 6.92 Å². The van der Waals surface area contributed by atoms with Gasteiger partial charge in [0.05, 0.1) is 0 Å². The first-order valence-electron chi connectivity index (χ1n) is 8.11. The van der Waals surface area contributed by atoms with E-state index in [1.54, 1.807) is 0 Å². The molecule has 1 aliphatic heterocycles. The molecule has 23 heavy (non-hydrogen) atoms. The zero-order valence-electron chi connectivity index (χ0n) is 13.7. The maximum absolute atomic E-state index is 5.58. The van der Waals surface area contributed by atoms with Crippen LogP contribution in [-0.2, 0) is 4.74 Å². The molecule has 0 spiro atoms. The van der Waals surface area contributed by atoms with Crippen LogP contribution < -0.4 is 10.6 Å². The van der Waals surface area contributed by atoms with Crippen molar-refractivity contribution in [3.05, 3.63) is 41.7 Å². The van der Waals surface area contributed by atoms with Gasteiger partial charge < -0.3 is 15.4 Å². The van der Waals surface area contributed by atoms with Gasteiger partial charge in [0.25, 0.3) is 0 Å². The third-order valence-electron chi connectivity index (χ3n) is 4.38. The van der Waals surface area contributed by atoms with Crippen molar-refractivity contribution >= 4 is 16.7 Å². The first-order valence-corrected chi connectivity index (χ1v) is 8.89. The molecule has 5 nitrogen and oxygen atoms in total. The van der Waals surface area contributed by atoms with Crippen LogP contribution >= 0.6 is 11.5 Å². The van der Waals surface area contributed by atoms with Crippen LogP contribution in [-0.4, -0.2) is 34.7 Å². The van der Waals surface area contributed by atoms with E-state index in [4.69, 9.17) is 4.74 Å². The molecule has 124 valence electrons. The van der Waals surface area contributed by atoms with Gasteiger partial charge in [-0.25, -0.2) is 4.98 Å². The van der Waals surface area contributed by atoms with E-state index >= 15 is 0 Å². The Morgan fingerprint density at radius 1 is 1.26 bits per heavy atom. The van der Waals surface area contributed by atoms with E-state index in [2.05, 4.69) is 57.2 Å². The molecule has 2 aromatic rings. The minimum Gasteiger partial charge on any atom is -0.381 e. The average Bonchev–Trinajstić information content (AvgIpc) is 3.00. The molecular weight excluding hydrogens is 308 g/mol. The van der Waals surface area contributed by atoms with Gasteiger partial charge in [-0.15, -0.1) is 0 Å². The highest BCUT2D eigenvalue weighted by Gasteiger charge is 2.34. The van der Waals surface area contributed by atoms with Crippen LogP contribution in [0, 0.1) is 6.92 Å². The van der Waals surface area contributed by atoms with Crippen molar-refractivity contribution in [2.45, 2.75) is 38.3 Å². The zero-order chi connectivity index (χ0) is 16.1. The minimum absolute atomic E-state index is 0.0209. The summed E-state index contributed by atoms with van der Waals surface area (Å²) in [5.41, 5.74) is 1.33. The molecule has 1 fully saturated rings. The standard InChI is InChI=1S/C17H24N4OS/c1-13(15-6-4-3-5-7-15)20-17(8-10-22-11-9-17)12-18-16-19-14(2)21-23-16/h3-7,13,20H,8-12H2,1-2H3,(H,18,19,21). The number of hydrogen-bond acceptors (Lipinski definition) is 6. The molecule has 0 saturated carbocycles. The largest absolute Gasteiger partial charge is 0.381 e. The van der Waals surface area contributed by atoms with Crippen LogP contribution in [0.25, 0.3) is 0 Å². The zero-order valence-corrected chi connectivity index (χ0v) is 14.5. The molecule has 1 aromatic carbocycles. The molecule has 1 aromatic heterocycles. The first-order chi connectivity index (χ1) is 11.2. The highest BCUT2D eigenvalue weighted by molar-refractivity contribution is 7.09. The van der Waals surface area contributed by atoms with Crippen LogP contribution in [0.15, 0.2) is 30.3 Å². The van der Waals surface area contributed by atoms with Crippen LogP contribution in [0.4, 0.5) is 5.13 Å². The van der Waals surface area contributed by atoms with Crippen molar-refractivity contribution < 1.29 is 4.74 Å². The molecule has 1 aliphatic rings. The molecule has 0 amide bonds. The van der Waals surface area contributed by atoms with Crippen molar-refractivity contribution in [1.29, 1.82) is 0 Å². The molecule has 1 atom stereocenters. The minimum atomic E-state index is 0.0209. The monoisotopic (exact) mass is 332 g/mol. The summed E-state index contributed by atoms with van der Waals surface area (Å²) in [6, 6.07) is 10.9. The fraction of sp³-hybridized carbons (Fsp3) is 0.529. The Hall–Kier alpha value is -1.50. The molecule has 1 saturated heterocycles. The Kier molecular flexibility index (Phi) is 5.25. The van der Waals surface area contributed by atoms with Crippen LogP contribution in [0.2, 0.25) is 0 Å². The first kappa shape index (κ1) is 16.4. The number of rotatable bonds is 6. The smallest absolute Gasteiger partial charge is 0.202 e. The van der Waals surface area contributed by atoms with Gasteiger partial charge in [0.1, 0.15) is 5.82 Å². The van der Waals surface area contributed by atoms with Crippen LogP contribution in [0.5, 0.6) is 0 Å². The molecule has 0 aliphatic carbocycles. The van der Waals surface area contributed by atoms with Gasteiger partial charge in [-0.3, -0.25) is 0 Å². The number of aryl methyl sites for hydroxylation is 1. The molecule has 6 heteroatoms. The average molecular weight is 332 g/mol. The van der Waals surface area contributed by atoms with Gasteiger partial charge in [-0.2, -0.15) is 4.37 Å². The second kappa shape index (κ2) is 7.38. The summed E-state index contributed by atoms with van der Waals surface area (Å²) >= 11 is 1.42. The van der Waals surface area contributed by atoms with Gasteiger partial charge in [0.2, 0.25) is 5.13 Å². The van der Waals surface area contributed by atoms with E-state index in [-0.39, 0.29) is 5.54 Å². The number of benzene rings is 1. The summed E-state index contributed by atoms with van der Waals surface area (Å²) < 4.78 is 9.81. The van der Waals surface area contributed by atoms with E-state index < -0.39 is 0 Å². The quantitative estimate of drug-likeness (QED) is 0.851. The maximum atomic E-state index is 5.58. The van der Waals surface area contributed by atoms with E-state index in [0.29, 0.717) is 6.04 Å². The van der Waals surface area contributed by atoms with Gasteiger partial charge in [-0.05, 0) is 32.3 Å². The van der Waals surface area contributed by atoms with E-state index in [9.17, 15) is 0 Å². The summed E-state index contributed by atoms with van der Waals surface area (Å²) in [6.07, 6.45) is 1.99. The van der Waals surface area contributed by atoms with Crippen molar-refractivity contribution in [3.63, 3.8) is 0 Å². The third-order valence-corrected chi connectivity index (χ3v) is 5.14. The third kappa shape index (κ3) is 4.28. The Labute approximate surface area is 141 Å². The summed E-state index contributed by atoms with van der Waals surface area (Å²) in [4.78, 5) is 4.40. The van der Waals surface area contributed by atoms with Gasteiger partial charge in [0, 0.05) is 42.9 Å². The predicted molar refractivity (Wildman–Crippen MR) is 93.9 cm³/mol. The SMILES string of the molecule is Cc1nsc(NCC2(NC(C)c3ccccc3)CCOCC2)n1. The Morgan fingerprint density at radius 3 is 2.65 bits per heavy atom. The number of anilines is 1. The lowest BCUT2D eigenvalue weighted by Gasteiger charge is -2.40. The summed E-state index contributed by atoms with van der Waals surface area (Å²) in [6.45, 7) is 6.57. The topological polar surface area (TPSA) is 59.1 Å².